The topological polar surface area (TPSA) is 73.9 Å². The molecule has 1 amide bonds. The minimum atomic E-state index is -0.320. The molecule has 0 radical (unpaired) electrons. The number of fused-ring (bicyclic) bond motifs is 1. The van der Waals surface area contributed by atoms with E-state index in [0.29, 0.717) is 19.8 Å². The summed E-state index contributed by atoms with van der Waals surface area (Å²) in [6.45, 7) is 1.44. The van der Waals surface area contributed by atoms with Crippen LogP contribution in [0.4, 0.5) is 0 Å². The molecule has 22 heavy (non-hydrogen) atoms. The van der Waals surface area contributed by atoms with Gasteiger partial charge in [-0.15, -0.1) is 0 Å². The summed E-state index contributed by atoms with van der Waals surface area (Å²) in [5.41, 5.74) is 1.09. The molecule has 1 heterocycles. The van der Waals surface area contributed by atoms with E-state index in [0.717, 1.165) is 23.5 Å². The summed E-state index contributed by atoms with van der Waals surface area (Å²) < 4.78 is 15.6. The van der Waals surface area contributed by atoms with E-state index >= 15 is 0 Å². The second-order valence-electron chi connectivity index (χ2n) is 5.47. The van der Waals surface area contributed by atoms with Crippen molar-refractivity contribution in [2.24, 2.45) is 5.92 Å². The molecule has 0 saturated heterocycles. The van der Waals surface area contributed by atoms with E-state index in [9.17, 15) is 9.59 Å². The fourth-order valence-electron chi connectivity index (χ4n) is 2.66. The van der Waals surface area contributed by atoms with Crippen LogP contribution >= 0.6 is 0 Å². The van der Waals surface area contributed by atoms with Crippen LogP contribution in [0.2, 0.25) is 0 Å². The van der Waals surface area contributed by atoms with Gasteiger partial charge in [0.2, 0.25) is 5.91 Å². The number of ether oxygens (including phenoxy) is 3. The van der Waals surface area contributed by atoms with E-state index in [2.05, 4.69) is 10.1 Å². The molecule has 0 aromatic heterocycles. The van der Waals surface area contributed by atoms with E-state index in [-0.39, 0.29) is 30.1 Å². The molecule has 1 aromatic rings. The Hall–Kier alpha value is -2.24. The number of carbonyl (C=O) groups is 2. The fraction of sp³-hybridized carbons (Fsp3) is 0.500. The Kier molecular flexibility index (Phi) is 4.18. The van der Waals surface area contributed by atoms with Crippen LogP contribution in [-0.2, 0) is 14.3 Å². The molecule has 2 unspecified atom stereocenters. The summed E-state index contributed by atoms with van der Waals surface area (Å²) in [5.74, 6) is 1.37. The predicted octanol–water partition coefficient (Wildman–Crippen LogP) is 1.24. The first kappa shape index (κ1) is 14.7. The molecule has 0 bridgehead atoms. The highest BCUT2D eigenvalue weighted by atomic mass is 16.6. The first-order chi connectivity index (χ1) is 10.7. The Morgan fingerprint density at radius 2 is 2.05 bits per heavy atom. The van der Waals surface area contributed by atoms with Crippen molar-refractivity contribution >= 4 is 11.9 Å². The van der Waals surface area contributed by atoms with Crippen molar-refractivity contribution in [3.05, 3.63) is 23.8 Å². The average Bonchev–Trinajstić information content (AvgIpc) is 3.35. The van der Waals surface area contributed by atoms with Crippen molar-refractivity contribution in [3.63, 3.8) is 0 Å². The third kappa shape index (κ3) is 3.16. The SMILES string of the molecule is COC(=O)CCNC(=O)C1CC1c1ccc2c(c1)OCCO2. The molecular formula is C16H19NO5. The smallest absolute Gasteiger partial charge is 0.307 e. The van der Waals surface area contributed by atoms with Crippen molar-refractivity contribution in [1.82, 2.24) is 5.32 Å². The lowest BCUT2D eigenvalue weighted by molar-refractivity contribution is -0.140. The van der Waals surface area contributed by atoms with E-state index in [1.807, 2.05) is 18.2 Å². The molecule has 1 fully saturated rings. The highest BCUT2D eigenvalue weighted by molar-refractivity contribution is 5.83. The summed E-state index contributed by atoms with van der Waals surface area (Å²) in [4.78, 5) is 23.0. The number of carbonyl (C=O) groups excluding carboxylic acids is 2. The van der Waals surface area contributed by atoms with Crippen molar-refractivity contribution in [1.29, 1.82) is 0 Å². The van der Waals surface area contributed by atoms with E-state index < -0.39 is 0 Å². The van der Waals surface area contributed by atoms with Crippen molar-refractivity contribution in [2.45, 2.75) is 18.8 Å². The zero-order chi connectivity index (χ0) is 15.5. The number of hydrogen-bond acceptors (Lipinski definition) is 5. The van der Waals surface area contributed by atoms with Gasteiger partial charge in [0.15, 0.2) is 11.5 Å². The van der Waals surface area contributed by atoms with Gasteiger partial charge in [-0.3, -0.25) is 9.59 Å². The fourth-order valence-corrected chi connectivity index (χ4v) is 2.66. The zero-order valence-corrected chi connectivity index (χ0v) is 12.5. The van der Waals surface area contributed by atoms with Gasteiger partial charge in [0.05, 0.1) is 13.5 Å². The maximum Gasteiger partial charge on any atom is 0.307 e. The Labute approximate surface area is 128 Å². The Balaban J connectivity index is 1.53. The highest BCUT2D eigenvalue weighted by Gasteiger charge is 2.44. The second kappa shape index (κ2) is 6.25. The molecular weight excluding hydrogens is 286 g/mol. The van der Waals surface area contributed by atoms with Gasteiger partial charge in [0, 0.05) is 12.5 Å². The van der Waals surface area contributed by atoms with Crippen LogP contribution in [0.15, 0.2) is 18.2 Å². The molecule has 1 saturated carbocycles. The van der Waals surface area contributed by atoms with Crippen LogP contribution in [0, 0.1) is 5.92 Å². The highest BCUT2D eigenvalue weighted by Crippen LogP contribution is 2.49. The lowest BCUT2D eigenvalue weighted by Gasteiger charge is -2.18. The number of rotatable bonds is 5. The Bertz CT molecular complexity index is 586. The first-order valence-corrected chi connectivity index (χ1v) is 7.43. The zero-order valence-electron chi connectivity index (χ0n) is 12.5. The molecule has 2 atom stereocenters. The number of benzene rings is 1. The normalized spacial score (nSPS) is 21.9. The average molecular weight is 305 g/mol. The number of methoxy groups -OCH3 is 1. The Morgan fingerprint density at radius 1 is 1.27 bits per heavy atom. The van der Waals surface area contributed by atoms with Gasteiger partial charge >= 0.3 is 5.97 Å². The van der Waals surface area contributed by atoms with E-state index in [1.165, 1.54) is 7.11 Å². The molecule has 6 nitrogen and oxygen atoms in total. The lowest BCUT2D eigenvalue weighted by Crippen LogP contribution is -2.28. The molecule has 2 aliphatic rings. The maximum absolute atomic E-state index is 12.0. The standard InChI is InChI=1S/C16H19NO5/c1-20-15(18)4-5-17-16(19)12-9-11(12)10-2-3-13-14(8-10)22-7-6-21-13/h2-3,8,11-12H,4-7,9H2,1H3,(H,17,19). The van der Waals surface area contributed by atoms with Gasteiger partial charge in [-0.1, -0.05) is 6.07 Å². The summed E-state index contributed by atoms with van der Waals surface area (Å²) >= 11 is 0. The molecule has 0 spiro atoms. The lowest BCUT2D eigenvalue weighted by atomic mass is 10.1. The largest absolute Gasteiger partial charge is 0.486 e. The van der Waals surface area contributed by atoms with Gasteiger partial charge in [-0.2, -0.15) is 0 Å². The minimum Gasteiger partial charge on any atom is -0.486 e. The molecule has 1 aliphatic heterocycles. The number of esters is 1. The van der Waals surface area contributed by atoms with Crippen LogP contribution in [-0.4, -0.2) is 38.7 Å². The minimum absolute atomic E-state index is 0.0104. The first-order valence-electron chi connectivity index (χ1n) is 7.43. The van der Waals surface area contributed by atoms with Crippen molar-refractivity contribution < 1.29 is 23.8 Å². The molecule has 3 rings (SSSR count). The van der Waals surface area contributed by atoms with Crippen LogP contribution in [0.5, 0.6) is 11.5 Å². The van der Waals surface area contributed by atoms with Gasteiger partial charge in [-0.05, 0) is 30.0 Å². The van der Waals surface area contributed by atoms with E-state index in [4.69, 9.17) is 9.47 Å². The second-order valence-corrected chi connectivity index (χ2v) is 5.47. The summed E-state index contributed by atoms with van der Waals surface area (Å²) in [6.07, 6.45) is 1.02. The van der Waals surface area contributed by atoms with Crippen molar-refractivity contribution in [3.8, 4) is 11.5 Å². The number of nitrogens with one attached hydrogen (secondary N) is 1. The van der Waals surface area contributed by atoms with Crippen LogP contribution in [0.25, 0.3) is 0 Å². The van der Waals surface area contributed by atoms with Gasteiger partial charge < -0.3 is 19.5 Å². The summed E-state index contributed by atoms with van der Waals surface area (Å²) in [5, 5.41) is 2.78. The third-order valence-corrected chi connectivity index (χ3v) is 3.98. The molecule has 1 N–H and O–H groups in total. The number of amides is 1. The predicted molar refractivity (Wildman–Crippen MR) is 77.9 cm³/mol. The molecule has 118 valence electrons. The van der Waals surface area contributed by atoms with Crippen LogP contribution in [0.1, 0.15) is 24.3 Å². The maximum atomic E-state index is 12.0. The number of hydrogen-bond donors (Lipinski definition) is 1. The summed E-state index contributed by atoms with van der Waals surface area (Å²) in [7, 11) is 1.34. The van der Waals surface area contributed by atoms with Crippen molar-refractivity contribution in [2.75, 3.05) is 26.9 Å². The molecule has 6 heteroatoms. The van der Waals surface area contributed by atoms with Gasteiger partial charge in [0.25, 0.3) is 0 Å². The molecule has 1 aromatic carbocycles. The van der Waals surface area contributed by atoms with Crippen LogP contribution in [0.3, 0.4) is 0 Å². The quantitative estimate of drug-likeness (QED) is 0.829. The van der Waals surface area contributed by atoms with Crippen LogP contribution < -0.4 is 14.8 Å². The molecule has 1 aliphatic carbocycles. The van der Waals surface area contributed by atoms with E-state index in [1.54, 1.807) is 0 Å². The Morgan fingerprint density at radius 3 is 2.82 bits per heavy atom. The van der Waals surface area contributed by atoms with Gasteiger partial charge in [0.1, 0.15) is 13.2 Å². The van der Waals surface area contributed by atoms with Gasteiger partial charge in [-0.25, -0.2) is 0 Å². The summed E-state index contributed by atoms with van der Waals surface area (Å²) in [6, 6.07) is 5.84. The monoisotopic (exact) mass is 305 g/mol. The third-order valence-electron chi connectivity index (χ3n) is 3.98.